The molecule has 0 bridgehead atoms. The minimum Gasteiger partial charge on any atom is -0.493 e. The molecule has 5 heteroatoms. The van der Waals surface area contributed by atoms with Crippen LogP contribution in [0.25, 0.3) is 0 Å². The van der Waals surface area contributed by atoms with E-state index in [-0.39, 0.29) is 5.91 Å². The first-order valence-electron chi connectivity index (χ1n) is 7.94. The topological polar surface area (TPSA) is 56.8 Å². The summed E-state index contributed by atoms with van der Waals surface area (Å²) in [7, 11) is 3.22. The van der Waals surface area contributed by atoms with Crippen LogP contribution in [-0.2, 0) is 17.6 Å². The molecular weight excluding hydrogens is 306 g/mol. The normalized spacial score (nSPS) is 15.3. The molecule has 1 N–H and O–H groups in total. The van der Waals surface area contributed by atoms with E-state index in [1.165, 1.54) is 0 Å². The molecule has 0 saturated carbocycles. The fourth-order valence-electron chi connectivity index (χ4n) is 2.81. The minimum absolute atomic E-state index is 0.0772. The van der Waals surface area contributed by atoms with Crippen LogP contribution >= 0.6 is 0 Å². The first-order chi connectivity index (χ1) is 11.7. The van der Waals surface area contributed by atoms with Crippen LogP contribution < -0.4 is 19.5 Å². The van der Waals surface area contributed by atoms with Crippen molar-refractivity contribution in [2.45, 2.75) is 18.9 Å². The van der Waals surface area contributed by atoms with Crippen LogP contribution in [0.1, 0.15) is 11.1 Å². The van der Waals surface area contributed by atoms with Crippen LogP contribution in [0.2, 0.25) is 0 Å². The van der Waals surface area contributed by atoms with Crippen molar-refractivity contribution in [3.63, 3.8) is 0 Å². The van der Waals surface area contributed by atoms with Gasteiger partial charge in [0.1, 0.15) is 5.75 Å². The molecule has 0 spiro atoms. The third kappa shape index (κ3) is 3.45. The van der Waals surface area contributed by atoms with Crippen molar-refractivity contribution < 1.29 is 19.0 Å². The Morgan fingerprint density at radius 3 is 2.71 bits per heavy atom. The van der Waals surface area contributed by atoms with Crippen molar-refractivity contribution >= 4 is 5.91 Å². The highest BCUT2D eigenvalue weighted by molar-refractivity contribution is 5.82. The number of ether oxygens (including phenoxy) is 3. The van der Waals surface area contributed by atoms with Crippen LogP contribution in [0.4, 0.5) is 0 Å². The molecule has 126 valence electrons. The summed E-state index contributed by atoms with van der Waals surface area (Å²) >= 11 is 0. The first-order valence-corrected chi connectivity index (χ1v) is 7.94. The van der Waals surface area contributed by atoms with E-state index in [0.29, 0.717) is 30.9 Å². The predicted molar refractivity (Wildman–Crippen MR) is 90.8 cm³/mol. The number of hydrogen-bond acceptors (Lipinski definition) is 4. The molecule has 24 heavy (non-hydrogen) atoms. The number of nitrogens with one attached hydrogen (secondary N) is 1. The van der Waals surface area contributed by atoms with Gasteiger partial charge in [0.2, 0.25) is 0 Å². The van der Waals surface area contributed by atoms with E-state index in [1.54, 1.807) is 14.2 Å². The number of para-hydroxylation sites is 1. The van der Waals surface area contributed by atoms with E-state index in [2.05, 4.69) is 5.32 Å². The summed E-state index contributed by atoms with van der Waals surface area (Å²) in [6, 6.07) is 13.5. The Bertz CT molecular complexity index is 704. The summed E-state index contributed by atoms with van der Waals surface area (Å²) < 4.78 is 16.2. The number of carbonyl (C=O) groups excluding carboxylic acids is 1. The average Bonchev–Trinajstić information content (AvgIpc) is 3.05. The van der Waals surface area contributed by atoms with E-state index in [9.17, 15) is 4.79 Å². The van der Waals surface area contributed by atoms with Crippen molar-refractivity contribution in [2.24, 2.45) is 0 Å². The van der Waals surface area contributed by atoms with E-state index < -0.39 is 6.10 Å². The highest BCUT2D eigenvalue weighted by atomic mass is 16.5. The number of benzene rings is 2. The molecule has 0 radical (unpaired) electrons. The molecule has 1 atom stereocenters. The van der Waals surface area contributed by atoms with Gasteiger partial charge in [-0.3, -0.25) is 4.79 Å². The summed E-state index contributed by atoms with van der Waals surface area (Å²) in [5.41, 5.74) is 2.15. The van der Waals surface area contributed by atoms with Gasteiger partial charge in [0.05, 0.1) is 14.2 Å². The van der Waals surface area contributed by atoms with Crippen molar-refractivity contribution in [3.05, 3.63) is 53.6 Å². The summed E-state index contributed by atoms with van der Waals surface area (Å²) in [6.45, 7) is 0.546. The Morgan fingerprint density at radius 2 is 1.96 bits per heavy atom. The summed E-state index contributed by atoms with van der Waals surface area (Å²) in [4.78, 5) is 12.2. The van der Waals surface area contributed by atoms with Crippen molar-refractivity contribution in [1.29, 1.82) is 0 Å². The quantitative estimate of drug-likeness (QED) is 0.885. The first kappa shape index (κ1) is 16.2. The monoisotopic (exact) mass is 327 g/mol. The molecule has 0 aromatic heterocycles. The number of hydrogen-bond donors (Lipinski definition) is 1. The van der Waals surface area contributed by atoms with Gasteiger partial charge >= 0.3 is 0 Å². The molecule has 0 saturated heterocycles. The molecule has 1 heterocycles. The van der Waals surface area contributed by atoms with Gasteiger partial charge in [0, 0.05) is 13.0 Å². The standard InChI is InChI=1S/C19H21NO4/c1-22-16-8-7-13(11-17(16)23-2)9-10-20-19(21)18-12-14-5-3-4-6-15(14)24-18/h3-8,11,18H,9-10,12H2,1-2H3,(H,20,21)/t18-/m1/s1. The van der Waals surface area contributed by atoms with Crippen LogP contribution in [0, 0.1) is 0 Å². The molecule has 1 aliphatic rings. The van der Waals surface area contributed by atoms with Gasteiger partial charge in [-0.05, 0) is 35.7 Å². The number of methoxy groups -OCH3 is 2. The Hall–Kier alpha value is -2.69. The van der Waals surface area contributed by atoms with Crippen LogP contribution in [0.3, 0.4) is 0 Å². The number of fused-ring (bicyclic) bond motifs is 1. The van der Waals surface area contributed by atoms with Gasteiger partial charge < -0.3 is 19.5 Å². The number of amides is 1. The number of carbonyl (C=O) groups is 1. The molecule has 0 unspecified atom stereocenters. The SMILES string of the molecule is COc1ccc(CCNC(=O)[C@H]2Cc3ccccc3O2)cc1OC. The fourth-order valence-corrected chi connectivity index (χ4v) is 2.81. The zero-order valence-electron chi connectivity index (χ0n) is 13.9. The lowest BCUT2D eigenvalue weighted by atomic mass is 10.1. The third-order valence-electron chi connectivity index (χ3n) is 4.10. The van der Waals surface area contributed by atoms with Gasteiger partial charge in [-0.1, -0.05) is 24.3 Å². The van der Waals surface area contributed by atoms with E-state index >= 15 is 0 Å². The van der Waals surface area contributed by atoms with Gasteiger partial charge in [0.15, 0.2) is 17.6 Å². The molecule has 2 aromatic carbocycles. The smallest absolute Gasteiger partial charge is 0.261 e. The molecule has 1 aliphatic heterocycles. The highest BCUT2D eigenvalue weighted by Crippen LogP contribution is 2.29. The number of rotatable bonds is 6. The third-order valence-corrected chi connectivity index (χ3v) is 4.10. The molecular formula is C19H21NO4. The largest absolute Gasteiger partial charge is 0.493 e. The van der Waals surface area contributed by atoms with Gasteiger partial charge in [-0.2, -0.15) is 0 Å². The fraction of sp³-hybridized carbons (Fsp3) is 0.316. The lowest BCUT2D eigenvalue weighted by Crippen LogP contribution is -2.38. The van der Waals surface area contributed by atoms with Crippen LogP contribution in [0.5, 0.6) is 17.2 Å². The van der Waals surface area contributed by atoms with Crippen molar-refractivity contribution in [1.82, 2.24) is 5.32 Å². The van der Waals surface area contributed by atoms with Crippen molar-refractivity contribution in [2.75, 3.05) is 20.8 Å². The summed E-state index contributed by atoms with van der Waals surface area (Å²) in [5, 5.41) is 2.94. The second-order valence-electron chi connectivity index (χ2n) is 5.65. The molecule has 2 aromatic rings. The van der Waals surface area contributed by atoms with E-state index in [4.69, 9.17) is 14.2 Å². The van der Waals surface area contributed by atoms with Gasteiger partial charge in [-0.15, -0.1) is 0 Å². The zero-order chi connectivity index (χ0) is 16.9. The lowest BCUT2D eigenvalue weighted by molar-refractivity contribution is -0.127. The Labute approximate surface area is 141 Å². The molecule has 0 aliphatic carbocycles. The second-order valence-corrected chi connectivity index (χ2v) is 5.65. The van der Waals surface area contributed by atoms with Crippen LogP contribution in [-0.4, -0.2) is 32.8 Å². The Balaban J connectivity index is 1.51. The average molecular weight is 327 g/mol. The van der Waals surface area contributed by atoms with Crippen LogP contribution in [0.15, 0.2) is 42.5 Å². The second kappa shape index (κ2) is 7.25. The molecule has 1 amide bonds. The maximum Gasteiger partial charge on any atom is 0.261 e. The molecule has 0 fully saturated rings. The zero-order valence-corrected chi connectivity index (χ0v) is 13.9. The van der Waals surface area contributed by atoms with Crippen molar-refractivity contribution in [3.8, 4) is 17.2 Å². The van der Waals surface area contributed by atoms with Gasteiger partial charge in [-0.25, -0.2) is 0 Å². The maximum absolute atomic E-state index is 12.2. The Morgan fingerprint density at radius 1 is 1.17 bits per heavy atom. The lowest BCUT2D eigenvalue weighted by Gasteiger charge is -2.12. The maximum atomic E-state index is 12.2. The van der Waals surface area contributed by atoms with E-state index in [0.717, 1.165) is 16.9 Å². The molecule has 5 nitrogen and oxygen atoms in total. The highest BCUT2D eigenvalue weighted by Gasteiger charge is 2.28. The molecule has 3 rings (SSSR count). The summed E-state index contributed by atoms with van der Waals surface area (Å²) in [6.07, 6.45) is 0.900. The summed E-state index contributed by atoms with van der Waals surface area (Å²) in [5.74, 6) is 2.11. The van der Waals surface area contributed by atoms with E-state index in [1.807, 2.05) is 42.5 Å². The minimum atomic E-state index is -0.437. The van der Waals surface area contributed by atoms with Gasteiger partial charge in [0.25, 0.3) is 5.91 Å². The predicted octanol–water partition coefficient (Wildman–Crippen LogP) is 2.37. The Kier molecular flexibility index (Phi) is 4.89.